The predicted molar refractivity (Wildman–Crippen MR) is 255 cm³/mol. The van der Waals surface area contributed by atoms with E-state index >= 15 is 0 Å². The summed E-state index contributed by atoms with van der Waals surface area (Å²) in [6.07, 6.45) is 2.59. The van der Waals surface area contributed by atoms with Crippen LogP contribution in [0.5, 0.6) is 0 Å². The molecule has 5 aromatic rings. The van der Waals surface area contributed by atoms with E-state index in [-0.39, 0.29) is 132 Å². The van der Waals surface area contributed by atoms with Crippen LogP contribution in [-0.4, -0.2) is 95.6 Å². The molecule has 6 aliphatic rings. The van der Waals surface area contributed by atoms with Crippen LogP contribution in [0.4, 0.5) is 17.6 Å². The molecular weight excluding hydrogens is 929 g/mol. The summed E-state index contributed by atoms with van der Waals surface area (Å²) in [5.74, 6) is -7.34. The number of halogens is 4. The molecule has 2 heterocycles. The maximum Gasteiger partial charge on any atom is 0.253 e. The Kier molecular flexibility index (Phi) is 12.4. The molecule has 3 unspecified atom stereocenters. The zero-order valence-corrected chi connectivity index (χ0v) is 39.0. The van der Waals surface area contributed by atoms with E-state index in [0.717, 1.165) is 22.3 Å². The molecule has 6 fully saturated rings. The van der Waals surface area contributed by atoms with E-state index < -0.39 is 35.5 Å². The van der Waals surface area contributed by atoms with Gasteiger partial charge in [-0.25, -0.2) is 17.6 Å². The zero-order chi connectivity index (χ0) is 49.9. The number of carbonyl (C=O) groups is 6. The molecule has 4 N–H and O–H groups in total. The third-order valence-corrected chi connectivity index (χ3v) is 15.6. The number of benzene rings is 5. The van der Waals surface area contributed by atoms with E-state index in [2.05, 4.69) is 21.3 Å². The summed E-state index contributed by atoms with van der Waals surface area (Å²) >= 11 is 0. The Hall–Kier alpha value is -7.36. The highest BCUT2D eigenvalue weighted by atomic mass is 19.1. The molecule has 4 saturated carbocycles. The maximum atomic E-state index is 14.2. The van der Waals surface area contributed by atoms with Crippen molar-refractivity contribution in [1.29, 1.82) is 0 Å². The third-order valence-electron chi connectivity index (χ3n) is 15.6. The molecular formula is C56H52F4N6O6. The van der Waals surface area contributed by atoms with Gasteiger partial charge >= 0.3 is 0 Å². The lowest BCUT2D eigenvalue weighted by atomic mass is 9.94. The molecule has 72 heavy (non-hydrogen) atoms. The van der Waals surface area contributed by atoms with Gasteiger partial charge in [-0.05, 0) is 121 Å². The van der Waals surface area contributed by atoms with Crippen LogP contribution in [0.25, 0.3) is 0 Å². The molecule has 0 bridgehead atoms. The van der Waals surface area contributed by atoms with Crippen LogP contribution in [-0.2, 0) is 19.2 Å². The highest BCUT2D eigenvalue weighted by molar-refractivity contribution is 6.00. The van der Waals surface area contributed by atoms with E-state index in [1.165, 1.54) is 82.6 Å². The fourth-order valence-corrected chi connectivity index (χ4v) is 11.0. The lowest BCUT2D eigenvalue weighted by Gasteiger charge is -2.18. The van der Waals surface area contributed by atoms with Gasteiger partial charge in [-0.2, -0.15) is 0 Å². The minimum absolute atomic E-state index is 0.00850. The first kappa shape index (κ1) is 47.0. The van der Waals surface area contributed by atoms with Crippen LogP contribution in [0.15, 0.2) is 121 Å². The first-order chi connectivity index (χ1) is 34.7. The van der Waals surface area contributed by atoms with Gasteiger partial charge in [0, 0.05) is 85.1 Å². The van der Waals surface area contributed by atoms with E-state index in [1.807, 2.05) is 0 Å². The van der Waals surface area contributed by atoms with Crippen molar-refractivity contribution in [3.63, 3.8) is 0 Å². The second-order valence-electron chi connectivity index (χ2n) is 20.5. The van der Waals surface area contributed by atoms with E-state index in [1.54, 1.807) is 48.5 Å². The summed E-state index contributed by atoms with van der Waals surface area (Å²) in [6.45, 7) is -0.162. The topological polar surface area (TPSA) is 157 Å². The van der Waals surface area contributed by atoms with Crippen molar-refractivity contribution >= 4 is 35.4 Å². The van der Waals surface area contributed by atoms with Crippen molar-refractivity contribution in [3.05, 3.63) is 178 Å². The largest absolute Gasteiger partial charge is 0.352 e. The monoisotopic (exact) mass is 980 g/mol. The van der Waals surface area contributed by atoms with Crippen LogP contribution in [0, 0.1) is 46.9 Å². The van der Waals surface area contributed by atoms with Crippen molar-refractivity contribution in [3.8, 4) is 0 Å². The van der Waals surface area contributed by atoms with Gasteiger partial charge in [-0.3, -0.25) is 28.8 Å². The number of hydrogen-bond acceptors (Lipinski definition) is 6. The lowest BCUT2D eigenvalue weighted by Crippen LogP contribution is -2.43. The minimum Gasteiger partial charge on any atom is -0.352 e. The SMILES string of the molecule is O=C(N[C@H]1C[C@@H]1c1ccc(F)cc1)C1CN(C(=O)c2ccc(C(=O)N3C[C@@H](C(=O)NC4C[C@@H]4c4ccc(F)cc4)[C@H](C(=O)N[C@H]4CC4c4ccc(F)cc4)C3)cc2)C[C@H]1C(=O)N[C@H]1C[C@H]1c1ccc(F)cc1. The van der Waals surface area contributed by atoms with Gasteiger partial charge < -0.3 is 31.1 Å². The Morgan fingerprint density at radius 2 is 0.542 bits per heavy atom. The number of nitrogens with one attached hydrogen (secondary N) is 4. The molecule has 12 nitrogen and oxygen atoms in total. The van der Waals surface area contributed by atoms with Gasteiger partial charge in [0.2, 0.25) is 23.6 Å². The number of amides is 6. The third kappa shape index (κ3) is 9.95. The van der Waals surface area contributed by atoms with E-state index in [9.17, 15) is 46.3 Å². The van der Waals surface area contributed by atoms with Crippen LogP contribution in [0.3, 0.4) is 0 Å². The summed E-state index contributed by atoms with van der Waals surface area (Å²) < 4.78 is 54.5. The lowest BCUT2D eigenvalue weighted by molar-refractivity contribution is -0.133. The molecule has 0 radical (unpaired) electrons. The molecule has 0 spiro atoms. The van der Waals surface area contributed by atoms with Crippen LogP contribution in [0.1, 0.15) is 92.3 Å². The molecule has 12 atom stereocenters. The van der Waals surface area contributed by atoms with Gasteiger partial charge in [0.15, 0.2) is 0 Å². The van der Waals surface area contributed by atoms with E-state index in [4.69, 9.17) is 0 Å². The second kappa shape index (κ2) is 19.0. The van der Waals surface area contributed by atoms with Crippen LogP contribution in [0.2, 0.25) is 0 Å². The molecule has 6 amide bonds. The molecule has 5 aromatic carbocycles. The summed E-state index contributed by atoms with van der Waals surface area (Å²) in [5, 5.41) is 12.2. The average Bonchev–Trinajstić information content (AvgIpc) is 4.32. The smallest absolute Gasteiger partial charge is 0.253 e. The highest BCUT2D eigenvalue weighted by Gasteiger charge is 2.51. The number of nitrogens with zero attached hydrogens (tertiary/aromatic N) is 2. The molecule has 0 aromatic heterocycles. The zero-order valence-electron chi connectivity index (χ0n) is 39.0. The number of likely N-dealkylation sites (tertiary alicyclic amines) is 2. The minimum atomic E-state index is -0.875. The predicted octanol–water partition coefficient (Wildman–Crippen LogP) is 6.31. The van der Waals surface area contributed by atoms with Gasteiger partial charge in [0.25, 0.3) is 11.8 Å². The van der Waals surface area contributed by atoms with Crippen molar-refractivity contribution in [2.24, 2.45) is 23.7 Å². The van der Waals surface area contributed by atoms with Crippen molar-refractivity contribution in [2.45, 2.75) is 73.5 Å². The molecule has 16 heteroatoms. The van der Waals surface area contributed by atoms with Crippen molar-refractivity contribution in [1.82, 2.24) is 31.1 Å². The van der Waals surface area contributed by atoms with E-state index in [0.29, 0.717) is 25.7 Å². The van der Waals surface area contributed by atoms with Crippen LogP contribution >= 0.6 is 0 Å². The number of carbonyl (C=O) groups excluding carboxylic acids is 6. The fourth-order valence-electron chi connectivity index (χ4n) is 11.0. The van der Waals surface area contributed by atoms with Gasteiger partial charge in [-0.15, -0.1) is 0 Å². The number of rotatable bonds is 14. The normalized spacial score (nSPS) is 28.7. The van der Waals surface area contributed by atoms with Gasteiger partial charge in [0.1, 0.15) is 23.3 Å². The molecule has 2 saturated heterocycles. The molecule has 11 rings (SSSR count). The van der Waals surface area contributed by atoms with Crippen molar-refractivity contribution in [2.75, 3.05) is 26.2 Å². The van der Waals surface area contributed by atoms with Crippen LogP contribution < -0.4 is 21.3 Å². The average molecular weight is 981 g/mol. The first-order valence-corrected chi connectivity index (χ1v) is 24.7. The molecule has 2 aliphatic heterocycles. The first-order valence-electron chi connectivity index (χ1n) is 24.7. The van der Waals surface area contributed by atoms with Gasteiger partial charge in [-0.1, -0.05) is 48.5 Å². The van der Waals surface area contributed by atoms with Gasteiger partial charge in [0.05, 0.1) is 23.7 Å². The maximum absolute atomic E-state index is 14.2. The Labute approximate surface area is 412 Å². The molecule has 370 valence electrons. The summed E-state index contributed by atoms with van der Waals surface area (Å²) in [6, 6.07) is 29.6. The Balaban J connectivity index is 0.757. The second-order valence-corrected chi connectivity index (χ2v) is 20.5. The molecule has 4 aliphatic carbocycles. The standard InChI is InChI=1S/C56H52F4N6O6/c57-35-13-5-29(6-14-35)39-21-47(39)61-51(67)43-25-65(26-44(43)52(68)62-48-22-40(48)30-7-15-36(58)16-8-30)55(71)33-1-2-34(4-3-33)56(72)66-27-45(53(69)63-49-23-41(49)31-9-17-37(59)18-10-31)46(28-66)54(70)64-50-24-42(50)32-11-19-38(60)20-12-32/h1-20,39-50H,21-28H2,(H,61,67)(H,62,68)(H,63,69)(H,64,70)/t39-,40+,41-,42?,43?,44-,45-,46-,47+,48+,49?,50+/m1/s1. The summed E-state index contributed by atoms with van der Waals surface area (Å²) in [4.78, 5) is 87.2. The Bertz CT molecular complexity index is 2560. The summed E-state index contributed by atoms with van der Waals surface area (Å²) in [5.41, 5.74) is 4.00. The Morgan fingerprint density at radius 1 is 0.333 bits per heavy atom. The van der Waals surface area contributed by atoms with Crippen molar-refractivity contribution < 1.29 is 46.3 Å². The Morgan fingerprint density at radius 3 is 0.750 bits per heavy atom. The highest BCUT2D eigenvalue weighted by Crippen LogP contribution is 2.45. The summed E-state index contributed by atoms with van der Waals surface area (Å²) in [7, 11) is 0. The quantitative estimate of drug-likeness (QED) is 0.0957. The number of hydrogen-bond donors (Lipinski definition) is 4. The fraction of sp³-hybridized carbons (Fsp3) is 0.357.